The normalized spacial score (nSPS) is 29.6. The molecule has 0 aromatic carbocycles. The van der Waals surface area contributed by atoms with Gasteiger partial charge in [-0.25, -0.2) is 0 Å². The van der Waals surface area contributed by atoms with E-state index in [1.54, 1.807) is 6.92 Å². The first-order chi connectivity index (χ1) is 11.3. The van der Waals surface area contributed by atoms with Crippen LogP contribution in [0.25, 0.3) is 0 Å². The number of carbonyl (C=O) groups is 3. The summed E-state index contributed by atoms with van der Waals surface area (Å²) in [5.74, 6) is -1.85. The first-order valence-corrected chi connectivity index (χ1v) is 7.65. The summed E-state index contributed by atoms with van der Waals surface area (Å²) in [4.78, 5) is 34.2. The Morgan fingerprint density at radius 3 is 1.92 bits per heavy atom. The maximum Gasteiger partial charge on any atom is 0.303 e. The topological polar surface area (TPSA) is 118 Å². The molecule has 1 heterocycles. The van der Waals surface area contributed by atoms with Crippen molar-refractivity contribution in [2.45, 2.75) is 64.8 Å². The molecule has 1 fully saturated rings. The van der Waals surface area contributed by atoms with Crippen molar-refractivity contribution in [2.24, 2.45) is 0 Å². The molecular weight excluding hydrogens is 324 g/mol. The predicted octanol–water partition coefficient (Wildman–Crippen LogP) is -0.0747. The van der Waals surface area contributed by atoms with Crippen molar-refractivity contribution in [1.29, 1.82) is 0 Å². The lowest BCUT2D eigenvalue weighted by Gasteiger charge is -2.43. The summed E-state index contributed by atoms with van der Waals surface area (Å²) >= 11 is 0. The fourth-order valence-corrected chi connectivity index (χ4v) is 2.37. The van der Waals surface area contributed by atoms with Crippen LogP contribution in [0.2, 0.25) is 0 Å². The molecular formula is C15H24O9. The number of esters is 3. The summed E-state index contributed by atoms with van der Waals surface area (Å²) in [6.45, 7) is 5.28. The summed E-state index contributed by atoms with van der Waals surface area (Å²) in [7, 11) is 0. The average Bonchev–Trinajstić information content (AvgIpc) is 2.45. The van der Waals surface area contributed by atoms with Crippen LogP contribution in [-0.4, -0.2) is 66.9 Å². The number of hydrogen-bond donors (Lipinski definition) is 1. The van der Waals surface area contributed by atoms with Gasteiger partial charge in [0.2, 0.25) is 0 Å². The molecule has 24 heavy (non-hydrogen) atoms. The van der Waals surface area contributed by atoms with Gasteiger partial charge in [0.1, 0.15) is 0 Å². The molecule has 0 bridgehead atoms. The minimum Gasteiger partial charge on any atom is -0.456 e. The Labute approximate surface area is 140 Å². The van der Waals surface area contributed by atoms with Crippen LogP contribution in [0.5, 0.6) is 0 Å². The van der Waals surface area contributed by atoms with Crippen molar-refractivity contribution in [3.63, 3.8) is 0 Å². The molecule has 0 aliphatic carbocycles. The second-order valence-electron chi connectivity index (χ2n) is 5.38. The largest absolute Gasteiger partial charge is 0.456 e. The molecule has 0 unspecified atom stereocenters. The summed E-state index contributed by atoms with van der Waals surface area (Å²) in [5, 5.41) is 8.84. The van der Waals surface area contributed by atoms with E-state index in [0.717, 1.165) is 0 Å². The van der Waals surface area contributed by atoms with E-state index in [0.29, 0.717) is 6.42 Å². The van der Waals surface area contributed by atoms with E-state index in [9.17, 15) is 14.4 Å². The molecule has 1 saturated heterocycles. The summed E-state index contributed by atoms with van der Waals surface area (Å²) in [6.07, 6.45) is -4.46. The third-order valence-corrected chi connectivity index (χ3v) is 3.22. The summed E-state index contributed by atoms with van der Waals surface area (Å²) in [6, 6.07) is 0. The minimum absolute atomic E-state index is 0.0794. The number of hydrogen-bond acceptors (Lipinski definition) is 9. The Bertz CT molecular complexity index is 450. The van der Waals surface area contributed by atoms with Gasteiger partial charge in [-0.05, 0) is 13.3 Å². The van der Waals surface area contributed by atoms with E-state index < -0.39 is 48.6 Å². The van der Waals surface area contributed by atoms with Gasteiger partial charge in [-0.2, -0.15) is 0 Å². The number of ether oxygens (including phenoxy) is 5. The van der Waals surface area contributed by atoms with E-state index in [-0.39, 0.29) is 13.2 Å². The molecule has 5 atom stereocenters. The van der Waals surface area contributed by atoms with Crippen LogP contribution < -0.4 is 0 Å². The maximum absolute atomic E-state index is 11.4. The van der Waals surface area contributed by atoms with Crippen molar-refractivity contribution in [3.8, 4) is 0 Å². The lowest BCUT2D eigenvalue weighted by atomic mass is 9.99. The molecule has 0 saturated carbocycles. The molecule has 0 aromatic rings. The van der Waals surface area contributed by atoms with E-state index in [2.05, 4.69) is 0 Å². The van der Waals surface area contributed by atoms with E-state index >= 15 is 0 Å². The van der Waals surface area contributed by atoms with Gasteiger partial charge in [0.25, 0.3) is 0 Å². The zero-order valence-electron chi connectivity index (χ0n) is 14.2. The zero-order chi connectivity index (χ0) is 18.3. The Kier molecular flexibility index (Phi) is 8.09. The van der Waals surface area contributed by atoms with Gasteiger partial charge < -0.3 is 28.8 Å². The number of carbonyl (C=O) groups excluding carboxylic acids is 3. The summed E-state index contributed by atoms with van der Waals surface area (Å²) in [5.41, 5.74) is 0. The second kappa shape index (κ2) is 9.55. The molecule has 0 amide bonds. The van der Waals surface area contributed by atoms with Gasteiger partial charge in [-0.1, -0.05) is 0 Å². The zero-order valence-corrected chi connectivity index (χ0v) is 14.2. The van der Waals surface area contributed by atoms with Crippen LogP contribution in [0.1, 0.15) is 34.1 Å². The standard InChI is InChI=1S/C15H24O9/c1-8-12(22-9(2)17)13(23-10(3)18)14(24-11(4)19)15(21-8)20-7-5-6-16/h8,12-16H,5-7H2,1-4H3/t8-,12+,13+,14-,15+/m0/s1. The monoisotopic (exact) mass is 348 g/mol. The van der Waals surface area contributed by atoms with E-state index in [1.165, 1.54) is 20.8 Å². The molecule has 1 aliphatic heterocycles. The van der Waals surface area contributed by atoms with Crippen LogP contribution in [0, 0.1) is 0 Å². The van der Waals surface area contributed by atoms with Gasteiger partial charge in [0, 0.05) is 27.4 Å². The van der Waals surface area contributed by atoms with E-state index in [1.807, 2.05) is 0 Å². The van der Waals surface area contributed by atoms with Crippen molar-refractivity contribution < 1.29 is 43.2 Å². The highest BCUT2D eigenvalue weighted by atomic mass is 16.7. The SMILES string of the molecule is CC(=O)O[C@H]1[C@H](OC(C)=O)[C@H](OCCCO)O[C@@H](C)[C@H]1OC(C)=O. The maximum atomic E-state index is 11.4. The highest BCUT2D eigenvalue weighted by Crippen LogP contribution is 2.29. The Hall–Kier alpha value is -1.71. The first-order valence-electron chi connectivity index (χ1n) is 7.65. The van der Waals surface area contributed by atoms with Gasteiger partial charge in [-0.15, -0.1) is 0 Å². The third kappa shape index (κ3) is 6.06. The van der Waals surface area contributed by atoms with Crippen LogP contribution in [0.15, 0.2) is 0 Å². The van der Waals surface area contributed by atoms with Crippen LogP contribution in [-0.2, 0) is 38.1 Å². The fourth-order valence-electron chi connectivity index (χ4n) is 2.37. The molecule has 9 heteroatoms. The fraction of sp³-hybridized carbons (Fsp3) is 0.800. The Balaban J connectivity index is 3.04. The highest BCUT2D eigenvalue weighted by Gasteiger charge is 2.50. The van der Waals surface area contributed by atoms with E-state index in [4.69, 9.17) is 28.8 Å². The molecule has 9 nitrogen and oxygen atoms in total. The molecule has 1 aliphatic rings. The number of aliphatic hydroxyl groups is 1. The lowest BCUT2D eigenvalue weighted by Crippen LogP contribution is -2.61. The Morgan fingerprint density at radius 1 is 0.917 bits per heavy atom. The molecule has 138 valence electrons. The molecule has 1 N–H and O–H groups in total. The minimum atomic E-state index is -1.11. The summed E-state index contributed by atoms with van der Waals surface area (Å²) < 4.78 is 26.7. The quantitative estimate of drug-likeness (QED) is 0.383. The van der Waals surface area contributed by atoms with Crippen LogP contribution >= 0.6 is 0 Å². The average molecular weight is 348 g/mol. The third-order valence-electron chi connectivity index (χ3n) is 3.22. The second-order valence-corrected chi connectivity index (χ2v) is 5.38. The van der Waals surface area contributed by atoms with Crippen molar-refractivity contribution in [3.05, 3.63) is 0 Å². The molecule has 0 radical (unpaired) electrons. The van der Waals surface area contributed by atoms with Crippen LogP contribution in [0.3, 0.4) is 0 Å². The molecule has 0 aromatic heterocycles. The van der Waals surface area contributed by atoms with Gasteiger partial charge in [-0.3, -0.25) is 14.4 Å². The number of rotatable bonds is 7. The Morgan fingerprint density at radius 2 is 1.42 bits per heavy atom. The van der Waals surface area contributed by atoms with Gasteiger partial charge >= 0.3 is 17.9 Å². The molecule has 0 spiro atoms. The van der Waals surface area contributed by atoms with Crippen molar-refractivity contribution in [1.82, 2.24) is 0 Å². The highest BCUT2D eigenvalue weighted by molar-refractivity contribution is 5.68. The van der Waals surface area contributed by atoms with Crippen LogP contribution in [0.4, 0.5) is 0 Å². The molecule has 1 rings (SSSR count). The van der Waals surface area contributed by atoms with Crippen molar-refractivity contribution >= 4 is 17.9 Å². The van der Waals surface area contributed by atoms with Crippen molar-refractivity contribution in [2.75, 3.05) is 13.2 Å². The van der Waals surface area contributed by atoms with Gasteiger partial charge in [0.05, 0.1) is 12.7 Å². The van der Waals surface area contributed by atoms with Gasteiger partial charge in [0.15, 0.2) is 24.6 Å². The smallest absolute Gasteiger partial charge is 0.303 e. The first kappa shape index (κ1) is 20.3. The predicted molar refractivity (Wildman–Crippen MR) is 78.7 cm³/mol. The lowest BCUT2D eigenvalue weighted by molar-refractivity contribution is -0.301. The number of aliphatic hydroxyl groups excluding tert-OH is 1.